The van der Waals surface area contributed by atoms with Crippen molar-refractivity contribution in [1.82, 2.24) is 10.6 Å². The number of benzene rings is 1. The summed E-state index contributed by atoms with van der Waals surface area (Å²) < 4.78 is 5.20. The van der Waals surface area contributed by atoms with Gasteiger partial charge in [0.15, 0.2) is 0 Å². The second kappa shape index (κ2) is 10.9. The number of amides is 1. The Labute approximate surface area is 145 Å². The maximum atomic E-state index is 11.8. The Morgan fingerprint density at radius 3 is 2.88 bits per heavy atom. The summed E-state index contributed by atoms with van der Waals surface area (Å²) in [4.78, 5) is 11.8. The van der Waals surface area contributed by atoms with Crippen LogP contribution in [0.25, 0.3) is 0 Å². The van der Waals surface area contributed by atoms with Crippen LogP contribution in [-0.2, 0) is 11.2 Å². The number of rotatable bonds is 10. The summed E-state index contributed by atoms with van der Waals surface area (Å²) in [6.07, 6.45) is 10.0. The van der Waals surface area contributed by atoms with Crippen LogP contribution in [0, 0.1) is 0 Å². The monoisotopic (exact) mass is 330 g/mol. The smallest absolute Gasteiger partial charge is 0.221 e. The number of carbonyl (C=O) groups excluding carboxylic acids is 1. The maximum Gasteiger partial charge on any atom is 0.221 e. The molecule has 0 saturated heterocycles. The molecule has 0 fully saturated rings. The Balaban J connectivity index is 1.51. The highest BCUT2D eigenvalue weighted by Crippen LogP contribution is 2.19. The summed E-state index contributed by atoms with van der Waals surface area (Å²) in [6.45, 7) is 2.39. The van der Waals surface area contributed by atoms with Gasteiger partial charge in [-0.2, -0.15) is 0 Å². The van der Waals surface area contributed by atoms with E-state index in [9.17, 15) is 4.79 Å². The third kappa shape index (κ3) is 7.18. The molecule has 0 spiro atoms. The molecule has 0 unspecified atom stereocenters. The zero-order chi connectivity index (χ0) is 17.0. The van der Waals surface area contributed by atoms with Crippen molar-refractivity contribution in [3.63, 3.8) is 0 Å². The van der Waals surface area contributed by atoms with Gasteiger partial charge in [0.1, 0.15) is 5.75 Å². The molecule has 0 radical (unpaired) electrons. The third-order valence-corrected chi connectivity index (χ3v) is 4.41. The maximum absolute atomic E-state index is 11.8. The van der Waals surface area contributed by atoms with Gasteiger partial charge < -0.3 is 15.4 Å². The van der Waals surface area contributed by atoms with E-state index in [1.165, 1.54) is 31.2 Å². The van der Waals surface area contributed by atoms with E-state index < -0.39 is 0 Å². The summed E-state index contributed by atoms with van der Waals surface area (Å²) >= 11 is 0. The lowest BCUT2D eigenvalue weighted by atomic mass is 9.97. The molecule has 132 valence electrons. The lowest BCUT2D eigenvalue weighted by Gasteiger charge is -2.12. The fourth-order valence-electron chi connectivity index (χ4n) is 2.97. The molecule has 1 aliphatic carbocycles. The average Bonchev–Trinajstić information content (AvgIpc) is 2.62. The van der Waals surface area contributed by atoms with E-state index in [1.54, 1.807) is 12.7 Å². The second-order valence-electron chi connectivity index (χ2n) is 6.31. The van der Waals surface area contributed by atoms with Crippen molar-refractivity contribution < 1.29 is 9.53 Å². The summed E-state index contributed by atoms with van der Waals surface area (Å²) in [5.41, 5.74) is 2.75. The molecular formula is C20H30N2O2. The van der Waals surface area contributed by atoms with Gasteiger partial charge in [0.2, 0.25) is 5.91 Å². The van der Waals surface area contributed by atoms with Crippen LogP contribution in [0.1, 0.15) is 44.1 Å². The van der Waals surface area contributed by atoms with E-state index in [0.717, 1.165) is 31.7 Å². The van der Waals surface area contributed by atoms with E-state index in [2.05, 4.69) is 22.8 Å². The Morgan fingerprint density at radius 1 is 1.17 bits per heavy atom. The quantitative estimate of drug-likeness (QED) is 0.511. The van der Waals surface area contributed by atoms with E-state index in [0.29, 0.717) is 13.0 Å². The van der Waals surface area contributed by atoms with Crippen LogP contribution in [0.3, 0.4) is 0 Å². The fourth-order valence-corrected chi connectivity index (χ4v) is 2.97. The lowest BCUT2D eigenvalue weighted by Crippen LogP contribution is -2.29. The SMILES string of the molecule is COc1cccc(CCNC(=O)CCNCCC2=CCCCC2)c1. The standard InChI is InChI=1S/C20H30N2O2/c1-24-19-9-5-8-18(16-19)11-15-22-20(23)12-14-21-13-10-17-6-3-2-4-7-17/h5-6,8-9,16,21H,2-4,7,10-15H2,1H3,(H,22,23). The number of hydrogen-bond acceptors (Lipinski definition) is 3. The summed E-state index contributed by atoms with van der Waals surface area (Å²) in [6, 6.07) is 7.96. The van der Waals surface area contributed by atoms with Gasteiger partial charge in [0, 0.05) is 19.5 Å². The minimum Gasteiger partial charge on any atom is -0.497 e. The van der Waals surface area contributed by atoms with Crippen LogP contribution >= 0.6 is 0 Å². The Kier molecular flexibility index (Phi) is 8.39. The number of hydrogen-bond donors (Lipinski definition) is 2. The molecule has 0 aromatic heterocycles. The molecule has 1 amide bonds. The van der Waals surface area contributed by atoms with Crippen molar-refractivity contribution in [3.05, 3.63) is 41.5 Å². The highest BCUT2D eigenvalue weighted by atomic mass is 16.5. The molecule has 0 bridgehead atoms. The second-order valence-corrected chi connectivity index (χ2v) is 6.31. The lowest BCUT2D eigenvalue weighted by molar-refractivity contribution is -0.120. The molecule has 0 atom stereocenters. The van der Waals surface area contributed by atoms with E-state index in [1.807, 2.05) is 18.2 Å². The Morgan fingerprint density at radius 2 is 2.08 bits per heavy atom. The van der Waals surface area contributed by atoms with Crippen molar-refractivity contribution in [2.45, 2.75) is 44.9 Å². The minimum absolute atomic E-state index is 0.113. The molecule has 4 nitrogen and oxygen atoms in total. The summed E-state index contributed by atoms with van der Waals surface area (Å²) in [5.74, 6) is 0.971. The number of methoxy groups -OCH3 is 1. The summed E-state index contributed by atoms with van der Waals surface area (Å²) in [7, 11) is 1.67. The van der Waals surface area contributed by atoms with Gasteiger partial charge in [-0.3, -0.25) is 4.79 Å². The normalized spacial score (nSPS) is 14.1. The highest BCUT2D eigenvalue weighted by Gasteiger charge is 2.04. The molecule has 1 aliphatic rings. The predicted octanol–water partition coefficient (Wildman–Crippen LogP) is 3.22. The fraction of sp³-hybridized carbons (Fsp3) is 0.550. The summed E-state index contributed by atoms with van der Waals surface area (Å²) in [5, 5.41) is 6.35. The van der Waals surface area contributed by atoms with Crippen LogP contribution in [0.5, 0.6) is 5.75 Å². The molecule has 1 aromatic carbocycles. The van der Waals surface area contributed by atoms with Crippen molar-refractivity contribution in [2.75, 3.05) is 26.7 Å². The van der Waals surface area contributed by atoms with Crippen LogP contribution in [0.15, 0.2) is 35.9 Å². The van der Waals surface area contributed by atoms with Crippen molar-refractivity contribution >= 4 is 5.91 Å². The topological polar surface area (TPSA) is 50.4 Å². The first kappa shape index (κ1) is 18.5. The van der Waals surface area contributed by atoms with Crippen LogP contribution in [-0.4, -0.2) is 32.7 Å². The highest BCUT2D eigenvalue weighted by molar-refractivity contribution is 5.76. The van der Waals surface area contributed by atoms with Gasteiger partial charge in [-0.25, -0.2) is 0 Å². The first-order valence-electron chi connectivity index (χ1n) is 9.06. The number of ether oxygens (including phenoxy) is 1. The molecule has 1 aromatic rings. The average molecular weight is 330 g/mol. The molecule has 2 rings (SSSR count). The van der Waals surface area contributed by atoms with E-state index >= 15 is 0 Å². The Bertz CT molecular complexity index is 540. The zero-order valence-corrected chi connectivity index (χ0v) is 14.8. The van der Waals surface area contributed by atoms with Crippen molar-refractivity contribution in [2.24, 2.45) is 0 Å². The van der Waals surface area contributed by atoms with Crippen LogP contribution in [0.4, 0.5) is 0 Å². The molecular weight excluding hydrogens is 300 g/mol. The van der Waals surface area contributed by atoms with Gasteiger partial charge in [0.25, 0.3) is 0 Å². The molecule has 24 heavy (non-hydrogen) atoms. The van der Waals surface area contributed by atoms with Crippen LogP contribution < -0.4 is 15.4 Å². The third-order valence-electron chi connectivity index (χ3n) is 4.41. The van der Waals surface area contributed by atoms with E-state index in [4.69, 9.17) is 4.74 Å². The van der Waals surface area contributed by atoms with Crippen LogP contribution in [0.2, 0.25) is 0 Å². The number of carbonyl (C=O) groups is 1. The zero-order valence-electron chi connectivity index (χ0n) is 14.8. The first-order valence-corrected chi connectivity index (χ1v) is 9.06. The number of nitrogens with one attached hydrogen (secondary N) is 2. The van der Waals surface area contributed by atoms with Gasteiger partial charge >= 0.3 is 0 Å². The molecule has 0 aliphatic heterocycles. The van der Waals surface area contributed by atoms with Gasteiger partial charge in [-0.1, -0.05) is 23.8 Å². The first-order chi connectivity index (χ1) is 11.8. The minimum atomic E-state index is 0.113. The van der Waals surface area contributed by atoms with Gasteiger partial charge in [0.05, 0.1) is 7.11 Å². The molecule has 2 N–H and O–H groups in total. The molecule has 0 heterocycles. The Hall–Kier alpha value is -1.81. The van der Waals surface area contributed by atoms with Gasteiger partial charge in [-0.15, -0.1) is 0 Å². The van der Waals surface area contributed by atoms with Crippen molar-refractivity contribution in [1.29, 1.82) is 0 Å². The van der Waals surface area contributed by atoms with Crippen molar-refractivity contribution in [3.8, 4) is 5.75 Å². The van der Waals surface area contributed by atoms with Gasteiger partial charge in [-0.05, 0) is 62.8 Å². The largest absolute Gasteiger partial charge is 0.497 e. The molecule has 4 heteroatoms. The number of allylic oxidation sites excluding steroid dienone is 1. The predicted molar refractivity (Wildman–Crippen MR) is 98.4 cm³/mol. The van der Waals surface area contributed by atoms with E-state index in [-0.39, 0.29) is 5.91 Å². The molecule has 0 saturated carbocycles.